The first-order valence-electron chi connectivity index (χ1n) is 20.5. The largest absolute Gasteiger partial charge is 0.477 e. The van der Waals surface area contributed by atoms with Crippen LogP contribution >= 0.6 is 0 Å². The SMILES string of the molecule is C=C(C)[C@@H]1CC[C@]2(CCCCCN3CCS(=O)(=O)CC3)CC[C@]3(C)[C@H](CC[C@@H]4[C@@]5(C)CCN(c6ccc(C(=O)O)nc6)C(C)(C)[C@@H]5CC[C@]43C)[C@@H]12. The molecule has 7 nitrogen and oxygen atoms in total. The van der Waals surface area contributed by atoms with Crippen LogP contribution in [-0.2, 0) is 9.84 Å². The zero-order valence-corrected chi connectivity index (χ0v) is 33.5. The molecule has 0 bridgehead atoms. The molecule has 1 aromatic rings. The molecule has 6 fully saturated rings. The summed E-state index contributed by atoms with van der Waals surface area (Å²) in [6, 6.07) is 3.63. The van der Waals surface area contributed by atoms with Crippen LogP contribution in [0.4, 0.5) is 5.69 Å². The van der Waals surface area contributed by atoms with Gasteiger partial charge in [0.25, 0.3) is 0 Å². The number of hydrogen-bond acceptors (Lipinski definition) is 6. The van der Waals surface area contributed by atoms with Gasteiger partial charge in [-0.15, -0.1) is 0 Å². The Labute approximate surface area is 309 Å². The Morgan fingerprint density at radius 3 is 2.29 bits per heavy atom. The summed E-state index contributed by atoms with van der Waals surface area (Å²) in [5.41, 5.74) is 3.92. The molecule has 3 heterocycles. The predicted octanol–water partition coefficient (Wildman–Crippen LogP) is 8.90. The second-order valence-electron chi connectivity index (χ2n) is 19.6. The number of hydrogen-bond donors (Lipinski definition) is 1. The molecule has 0 aromatic carbocycles. The summed E-state index contributed by atoms with van der Waals surface area (Å²) in [4.78, 5) is 20.7. The van der Waals surface area contributed by atoms with Crippen molar-refractivity contribution in [2.45, 2.75) is 131 Å². The van der Waals surface area contributed by atoms with Crippen molar-refractivity contribution in [3.05, 3.63) is 36.2 Å². The van der Waals surface area contributed by atoms with Crippen molar-refractivity contribution in [3.8, 4) is 0 Å². The van der Waals surface area contributed by atoms with Gasteiger partial charge in [-0.1, -0.05) is 45.8 Å². The summed E-state index contributed by atoms with van der Waals surface area (Å²) >= 11 is 0. The standard InChI is InChI=1S/C43H67N3O4S/c1-30(2)32-15-19-43(17-9-8-10-23-45-25-27-51(49,50)28-26-45)21-20-41(6)33(37(32)43)12-14-36-40(5)22-24-46(31-11-13-34(38(47)48)44-29-31)39(3,4)35(40)16-18-42(36,41)7/h11,13,29,32-33,35-37H,1,8-10,12,14-28H2,2-7H3,(H,47,48)/t32-,33+,35-,36+,37+,40-,41+,42+,43+/m0/s1. The predicted molar refractivity (Wildman–Crippen MR) is 207 cm³/mol. The minimum Gasteiger partial charge on any atom is -0.477 e. The number of nitrogens with zero attached hydrogens (tertiary/aromatic N) is 3. The van der Waals surface area contributed by atoms with Crippen LogP contribution in [0, 0.1) is 51.2 Å². The van der Waals surface area contributed by atoms with Crippen molar-refractivity contribution in [2.75, 3.05) is 42.6 Å². The lowest BCUT2D eigenvalue weighted by Gasteiger charge is -2.73. The lowest BCUT2D eigenvalue weighted by molar-refractivity contribution is -0.228. The summed E-state index contributed by atoms with van der Waals surface area (Å²) in [6.07, 6.45) is 18.7. The number of aromatic nitrogens is 1. The van der Waals surface area contributed by atoms with Crippen LogP contribution in [0.1, 0.15) is 136 Å². The average molecular weight is 722 g/mol. The van der Waals surface area contributed by atoms with Gasteiger partial charge in [0, 0.05) is 25.2 Å². The van der Waals surface area contributed by atoms with Crippen molar-refractivity contribution in [3.63, 3.8) is 0 Å². The molecule has 6 aliphatic rings. The number of pyridine rings is 1. The second-order valence-corrected chi connectivity index (χ2v) is 21.9. The van der Waals surface area contributed by atoms with E-state index in [1.54, 1.807) is 12.3 Å². The number of aromatic carboxylic acids is 1. The van der Waals surface area contributed by atoms with Gasteiger partial charge >= 0.3 is 5.97 Å². The minimum absolute atomic E-state index is 0.0393. The summed E-state index contributed by atoms with van der Waals surface area (Å²) in [5, 5.41) is 9.44. The molecule has 1 N–H and O–H groups in total. The van der Waals surface area contributed by atoms with E-state index in [0.717, 1.165) is 30.6 Å². The Morgan fingerprint density at radius 2 is 1.63 bits per heavy atom. The van der Waals surface area contributed by atoms with Crippen molar-refractivity contribution in [1.29, 1.82) is 0 Å². The number of piperidine rings is 1. The van der Waals surface area contributed by atoms with Gasteiger partial charge in [-0.3, -0.25) is 0 Å². The zero-order chi connectivity index (χ0) is 36.6. The van der Waals surface area contributed by atoms with E-state index in [-0.39, 0.29) is 16.6 Å². The molecule has 0 spiro atoms. The number of carboxylic acid groups (broad SMARTS) is 1. The van der Waals surface area contributed by atoms with Crippen LogP contribution in [0.2, 0.25) is 0 Å². The maximum Gasteiger partial charge on any atom is 0.354 e. The number of rotatable bonds is 9. The molecule has 9 atom stereocenters. The molecule has 4 aliphatic carbocycles. The Balaban J connectivity index is 1.08. The van der Waals surface area contributed by atoms with E-state index in [1.807, 2.05) is 6.07 Å². The molecule has 0 radical (unpaired) electrons. The highest BCUT2D eigenvalue weighted by Gasteiger charge is 2.70. The van der Waals surface area contributed by atoms with Gasteiger partial charge in [0.15, 0.2) is 9.84 Å². The molecule has 51 heavy (non-hydrogen) atoms. The van der Waals surface area contributed by atoms with Crippen molar-refractivity contribution >= 4 is 21.5 Å². The van der Waals surface area contributed by atoms with Crippen LogP contribution in [0.25, 0.3) is 0 Å². The van der Waals surface area contributed by atoms with E-state index in [4.69, 9.17) is 0 Å². The molecule has 0 amide bonds. The molecule has 4 saturated carbocycles. The number of sulfone groups is 1. The number of anilines is 1. The third kappa shape index (κ3) is 6.03. The maximum atomic E-state index is 11.9. The first-order chi connectivity index (χ1) is 24.0. The van der Waals surface area contributed by atoms with Gasteiger partial charge in [0.1, 0.15) is 5.69 Å². The van der Waals surface area contributed by atoms with Gasteiger partial charge in [0.2, 0.25) is 0 Å². The molecular weight excluding hydrogens is 655 g/mol. The fourth-order valence-corrected chi connectivity index (χ4v) is 15.8. The van der Waals surface area contributed by atoms with Crippen LogP contribution in [0.5, 0.6) is 0 Å². The number of carboxylic acids is 1. The Morgan fingerprint density at radius 1 is 0.882 bits per heavy atom. The van der Waals surface area contributed by atoms with Crippen LogP contribution in [0.15, 0.2) is 30.5 Å². The number of unbranched alkanes of at least 4 members (excludes halogenated alkanes) is 2. The number of allylic oxidation sites excluding steroid dienone is 1. The number of fused-ring (bicyclic) bond motifs is 7. The fraction of sp³-hybridized carbons (Fsp3) is 0.814. The van der Waals surface area contributed by atoms with Crippen LogP contribution in [-0.4, -0.2) is 72.6 Å². The molecule has 284 valence electrons. The number of carbonyl (C=O) groups is 1. The zero-order valence-electron chi connectivity index (χ0n) is 32.7. The first-order valence-corrected chi connectivity index (χ1v) is 22.3. The third-order valence-electron chi connectivity index (χ3n) is 17.3. The van der Waals surface area contributed by atoms with Crippen LogP contribution < -0.4 is 4.90 Å². The van der Waals surface area contributed by atoms with E-state index in [2.05, 4.69) is 62.9 Å². The maximum absolute atomic E-state index is 11.9. The van der Waals surface area contributed by atoms with E-state index < -0.39 is 15.8 Å². The molecule has 7 rings (SSSR count). The molecule has 8 heteroatoms. The highest BCUT2D eigenvalue weighted by Crippen LogP contribution is 2.77. The van der Waals surface area contributed by atoms with Gasteiger partial charge in [0.05, 0.1) is 23.4 Å². The Kier molecular flexibility index (Phi) is 9.62. The van der Waals surface area contributed by atoms with Gasteiger partial charge < -0.3 is 14.9 Å². The molecule has 2 saturated heterocycles. The van der Waals surface area contributed by atoms with Crippen molar-refractivity contribution < 1.29 is 18.3 Å². The molecule has 0 unspecified atom stereocenters. The van der Waals surface area contributed by atoms with Crippen molar-refractivity contribution in [2.24, 2.45) is 51.2 Å². The fourth-order valence-electron chi connectivity index (χ4n) is 14.5. The van der Waals surface area contributed by atoms with E-state index in [1.165, 1.54) is 89.0 Å². The first kappa shape index (κ1) is 37.4. The molecular formula is C43H67N3O4S. The quantitative estimate of drug-likeness (QED) is 0.201. The summed E-state index contributed by atoms with van der Waals surface area (Å²) in [6.45, 7) is 23.4. The van der Waals surface area contributed by atoms with Gasteiger partial charge in [-0.05, 0) is 161 Å². The Bertz CT molecular complexity index is 1590. The van der Waals surface area contributed by atoms with E-state index in [9.17, 15) is 18.3 Å². The second kappa shape index (κ2) is 13.1. The summed E-state index contributed by atoms with van der Waals surface area (Å²) in [7, 11) is -2.81. The van der Waals surface area contributed by atoms with Gasteiger partial charge in [-0.2, -0.15) is 0 Å². The topological polar surface area (TPSA) is 90.8 Å². The smallest absolute Gasteiger partial charge is 0.354 e. The van der Waals surface area contributed by atoms with E-state index in [0.29, 0.717) is 58.6 Å². The summed E-state index contributed by atoms with van der Waals surface area (Å²) in [5.74, 6) is 3.14. The third-order valence-corrected chi connectivity index (χ3v) is 18.9. The normalized spacial score (nSPS) is 41.5. The highest BCUT2D eigenvalue weighted by atomic mass is 32.2. The average Bonchev–Trinajstić information content (AvgIpc) is 3.45. The van der Waals surface area contributed by atoms with Crippen molar-refractivity contribution in [1.82, 2.24) is 9.88 Å². The van der Waals surface area contributed by atoms with Crippen LogP contribution in [0.3, 0.4) is 0 Å². The van der Waals surface area contributed by atoms with E-state index >= 15 is 0 Å². The monoisotopic (exact) mass is 721 g/mol. The highest BCUT2D eigenvalue weighted by molar-refractivity contribution is 7.91. The lowest BCUT2D eigenvalue weighted by Crippen LogP contribution is -2.69. The molecule has 2 aliphatic heterocycles. The van der Waals surface area contributed by atoms with Gasteiger partial charge in [-0.25, -0.2) is 18.2 Å². The minimum atomic E-state index is -2.81. The molecule has 1 aromatic heterocycles. The summed E-state index contributed by atoms with van der Waals surface area (Å²) < 4.78 is 23.8. The lowest BCUT2D eigenvalue weighted by atomic mass is 9.33. The Hall–Kier alpha value is -1.93.